The van der Waals surface area contributed by atoms with E-state index in [0.717, 1.165) is 0 Å². The number of benzene rings is 1. The average molecular weight is 273 g/mol. The minimum absolute atomic E-state index is 0.0329. The van der Waals surface area contributed by atoms with Crippen LogP contribution in [0.2, 0.25) is 5.02 Å². The third kappa shape index (κ3) is 3.41. The molecular formula is C11H13ClN2O4. The van der Waals surface area contributed by atoms with Crippen molar-refractivity contribution in [3.8, 4) is 0 Å². The monoisotopic (exact) mass is 272 g/mol. The largest absolute Gasteiger partial charge is 0.465 e. The molecule has 6 nitrogen and oxygen atoms in total. The van der Waals surface area contributed by atoms with Gasteiger partial charge in [-0.15, -0.1) is 0 Å². The Morgan fingerprint density at radius 2 is 2.28 bits per heavy atom. The second kappa shape index (κ2) is 6.32. The van der Waals surface area contributed by atoms with Gasteiger partial charge in [0.1, 0.15) is 6.04 Å². The van der Waals surface area contributed by atoms with E-state index in [1.807, 2.05) is 0 Å². The van der Waals surface area contributed by atoms with Crippen molar-refractivity contribution in [1.29, 1.82) is 0 Å². The lowest BCUT2D eigenvalue weighted by Gasteiger charge is -2.11. The summed E-state index contributed by atoms with van der Waals surface area (Å²) in [6, 6.07) is 3.34. The van der Waals surface area contributed by atoms with E-state index < -0.39 is 16.9 Å². The minimum Gasteiger partial charge on any atom is -0.465 e. The smallest absolute Gasteiger partial charge is 0.323 e. The van der Waals surface area contributed by atoms with E-state index in [4.69, 9.17) is 22.1 Å². The molecule has 0 saturated heterocycles. The van der Waals surface area contributed by atoms with Crippen molar-refractivity contribution in [3.05, 3.63) is 38.9 Å². The summed E-state index contributed by atoms with van der Waals surface area (Å²) >= 11 is 5.89. The summed E-state index contributed by atoms with van der Waals surface area (Å²) in [6.45, 7) is 1.86. The first-order valence-electron chi connectivity index (χ1n) is 5.31. The van der Waals surface area contributed by atoms with E-state index in [9.17, 15) is 14.9 Å². The molecule has 0 heterocycles. The topological polar surface area (TPSA) is 95.5 Å². The number of rotatable bonds is 5. The zero-order valence-corrected chi connectivity index (χ0v) is 10.5. The Labute approximate surface area is 109 Å². The van der Waals surface area contributed by atoms with Crippen LogP contribution in [0.15, 0.2) is 18.2 Å². The highest BCUT2D eigenvalue weighted by atomic mass is 35.5. The van der Waals surface area contributed by atoms with E-state index in [1.54, 1.807) is 6.92 Å². The third-order valence-corrected chi connectivity index (χ3v) is 2.66. The van der Waals surface area contributed by atoms with Crippen LogP contribution in [-0.2, 0) is 16.0 Å². The molecule has 0 saturated carbocycles. The van der Waals surface area contributed by atoms with Gasteiger partial charge in [0.25, 0.3) is 5.69 Å². The molecule has 1 unspecified atom stereocenters. The van der Waals surface area contributed by atoms with Crippen LogP contribution in [0, 0.1) is 10.1 Å². The first-order valence-corrected chi connectivity index (χ1v) is 5.69. The lowest BCUT2D eigenvalue weighted by molar-refractivity contribution is -0.385. The molecule has 0 spiro atoms. The van der Waals surface area contributed by atoms with E-state index in [-0.39, 0.29) is 29.3 Å². The maximum absolute atomic E-state index is 11.4. The van der Waals surface area contributed by atoms with E-state index in [2.05, 4.69) is 0 Å². The highest BCUT2D eigenvalue weighted by Crippen LogP contribution is 2.27. The Morgan fingerprint density at radius 3 is 2.83 bits per heavy atom. The molecular weight excluding hydrogens is 260 g/mol. The summed E-state index contributed by atoms with van der Waals surface area (Å²) in [6.07, 6.45) is -0.0329. The van der Waals surface area contributed by atoms with Crippen molar-refractivity contribution in [2.75, 3.05) is 6.61 Å². The van der Waals surface area contributed by atoms with Gasteiger partial charge in [0.2, 0.25) is 0 Å². The normalized spacial score (nSPS) is 11.9. The van der Waals surface area contributed by atoms with Gasteiger partial charge in [-0.1, -0.05) is 17.7 Å². The number of nitrogens with two attached hydrogens (primary N) is 1. The van der Waals surface area contributed by atoms with Gasteiger partial charge >= 0.3 is 5.97 Å². The quantitative estimate of drug-likeness (QED) is 0.500. The number of carbonyl (C=O) groups excluding carboxylic acids is 1. The number of carbonyl (C=O) groups is 1. The SMILES string of the molecule is CCOC(=O)C(N)Cc1c(Cl)cccc1[N+](=O)[O-]. The number of nitro benzene ring substituents is 1. The van der Waals surface area contributed by atoms with Crippen molar-refractivity contribution < 1.29 is 14.5 Å². The van der Waals surface area contributed by atoms with Gasteiger partial charge in [-0.05, 0) is 13.0 Å². The molecule has 18 heavy (non-hydrogen) atoms. The van der Waals surface area contributed by atoms with Crippen LogP contribution >= 0.6 is 11.6 Å². The maximum Gasteiger partial charge on any atom is 0.323 e. The van der Waals surface area contributed by atoms with E-state index >= 15 is 0 Å². The Kier molecular flexibility index (Phi) is 5.06. The molecule has 0 bridgehead atoms. The molecule has 0 fully saturated rings. The Hall–Kier alpha value is -1.66. The van der Waals surface area contributed by atoms with Gasteiger partial charge in [-0.2, -0.15) is 0 Å². The Balaban J connectivity index is 2.96. The number of hydrogen-bond acceptors (Lipinski definition) is 5. The summed E-state index contributed by atoms with van der Waals surface area (Å²) in [5.41, 5.74) is 5.71. The molecule has 1 aromatic rings. The number of nitro groups is 1. The van der Waals surface area contributed by atoms with Gasteiger partial charge in [0.05, 0.1) is 22.1 Å². The lowest BCUT2D eigenvalue weighted by Crippen LogP contribution is -2.34. The summed E-state index contributed by atoms with van der Waals surface area (Å²) in [5, 5.41) is 11.1. The second-order valence-corrected chi connectivity index (χ2v) is 3.96. The predicted molar refractivity (Wildman–Crippen MR) is 66.4 cm³/mol. The van der Waals surface area contributed by atoms with Crippen LogP contribution in [0.3, 0.4) is 0 Å². The number of nitrogens with zero attached hydrogens (tertiary/aromatic N) is 1. The standard InChI is InChI=1S/C11H13ClN2O4/c1-2-18-11(15)9(13)6-7-8(12)4-3-5-10(7)14(16)17/h3-5,9H,2,6,13H2,1H3. The third-order valence-electron chi connectivity index (χ3n) is 2.30. The summed E-state index contributed by atoms with van der Waals surface area (Å²) in [5.74, 6) is -0.605. The number of esters is 1. The zero-order valence-electron chi connectivity index (χ0n) is 9.76. The first-order chi connectivity index (χ1) is 8.47. The number of halogens is 1. The fraction of sp³-hybridized carbons (Fsp3) is 0.364. The number of hydrogen-bond donors (Lipinski definition) is 1. The van der Waals surface area contributed by atoms with Crippen LogP contribution < -0.4 is 5.73 Å². The van der Waals surface area contributed by atoms with E-state index in [0.29, 0.717) is 0 Å². The molecule has 1 rings (SSSR count). The fourth-order valence-electron chi connectivity index (χ4n) is 1.47. The van der Waals surface area contributed by atoms with Crippen molar-refractivity contribution in [2.24, 2.45) is 5.73 Å². The Morgan fingerprint density at radius 1 is 1.61 bits per heavy atom. The molecule has 7 heteroatoms. The molecule has 1 atom stereocenters. The molecule has 0 radical (unpaired) electrons. The maximum atomic E-state index is 11.4. The summed E-state index contributed by atoms with van der Waals surface area (Å²) in [4.78, 5) is 21.7. The summed E-state index contributed by atoms with van der Waals surface area (Å²) < 4.78 is 4.74. The van der Waals surface area contributed by atoms with Crippen LogP contribution in [0.5, 0.6) is 0 Å². The summed E-state index contributed by atoms with van der Waals surface area (Å²) in [7, 11) is 0. The van der Waals surface area contributed by atoms with Gasteiger partial charge < -0.3 is 10.5 Å². The van der Waals surface area contributed by atoms with Gasteiger partial charge in [-0.3, -0.25) is 14.9 Å². The minimum atomic E-state index is -0.969. The van der Waals surface area contributed by atoms with Crippen LogP contribution in [0.25, 0.3) is 0 Å². The zero-order chi connectivity index (χ0) is 13.7. The molecule has 98 valence electrons. The second-order valence-electron chi connectivity index (χ2n) is 3.56. The molecule has 0 amide bonds. The molecule has 0 aromatic heterocycles. The van der Waals surface area contributed by atoms with Crippen LogP contribution in [0.4, 0.5) is 5.69 Å². The molecule has 2 N–H and O–H groups in total. The highest BCUT2D eigenvalue weighted by molar-refractivity contribution is 6.31. The van der Waals surface area contributed by atoms with E-state index in [1.165, 1.54) is 18.2 Å². The van der Waals surface area contributed by atoms with Gasteiger partial charge in [0, 0.05) is 12.5 Å². The lowest BCUT2D eigenvalue weighted by atomic mass is 10.0. The molecule has 0 aliphatic carbocycles. The van der Waals surface area contributed by atoms with Crippen LogP contribution in [0.1, 0.15) is 12.5 Å². The fourth-order valence-corrected chi connectivity index (χ4v) is 1.72. The molecule has 1 aromatic carbocycles. The van der Waals surface area contributed by atoms with Crippen molar-refractivity contribution in [3.63, 3.8) is 0 Å². The van der Waals surface area contributed by atoms with Crippen molar-refractivity contribution in [1.82, 2.24) is 0 Å². The Bertz CT molecular complexity index is 464. The predicted octanol–water partition coefficient (Wildman–Crippen LogP) is 1.68. The first kappa shape index (κ1) is 14.4. The molecule has 0 aliphatic heterocycles. The van der Waals surface area contributed by atoms with Crippen LogP contribution in [-0.4, -0.2) is 23.5 Å². The van der Waals surface area contributed by atoms with Gasteiger partial charge in [-0.25, -0.2) is 0 Å². The number of ether oxygens (including phenoxy) is 1. The van der Waals surface area contributed by atoms with Gasteiger partial charge in [0.15, 0.2) is 0 Å². The van der Waals surface area contributed by atoms with Crippen molar-refractivity contribution in [2.45, 2.75) is 19.4 Å². The van der Waals surface area contributed by atoms with Crippen molar-refractivity contribution >= 4 is 23.3 Å². The highest BCUT2D eigenvalue weighted by Gasteiger charge is 2.23. The molecule has 0 aliphatic rings. The average Bonchev–Trinajstić information content (AvgIpc) is 2.31.